The van der Waals surface area contributed by atoms with Crippen molar-refractivity contribution in [2.75, 3.05) is 13.7 Å². The van der Waals surface area contributed by atoms with Crippen molar-refractivity contribution in [1.29, 1.82) is 0 Å². The molecule has 0 saturated heterocycles. The Hall–Kier alpha value is -1.52. The minimum atomic E-state index is -0.257. The third-order valence-electron chi connectivity index (χ3n) is 3.69. The molecule has 0 aliphatic carbocycles. The van der Waals surface area contributed by atoms with E-state index in [9.17, 15) is 5.11 Å². The Morgan fingerprint density at radius 1 is 1.29 bits per heavy atom. The fourth-order valence-corrected chi connectivity index (χ4v) is 2.57. The molecule has 0 saturated carbocycles. The van der Waals surface area contributed by atoms with E-state index in [1.807, 2.05) is 25.1 Å². The third kappa shape index (κ3) is 3.99. The van der Waals surface area contributed by atoms with E-state index in [-0.39, 0.29) is 12.1 Å². The number of rotatable bonds is 7. The first-order valence-electron chi connectivity index (χ1n) is 7.49. The van der Waals surface area contributed by atoms with Crippen molar-refractivity contribution in [3.8, 4) is 5.75 Å². The molecule has 2 rings (SSSR count). The lowest BCUT2D eigenvalue weighted by atomic mass is 10.0. The van der Waals surface area contributed by atoms with E-state index in [0.29, 0.717) is 5.92 Å². The second-order valence-corrected chi connectivity index (χ2v) is 5.85. The number of para-hydroxylation sites is 1. The fourth-order valence-electron chi connectivity index (χ4n) is 2.57. The standard InChI is InChI=1S/C17H25NO3/c1-11(8-12(2)19)10-18-13(3)16-9-14-6-5-7-15(20-4)17(14)21-16/h5-7,9,11-13,18-19H,8,10H2,1-4H3. The second-order valence-electron chi connectivity index (χ2n) is 5.85. The molecule has 1 heterocycles. The number of furan rings is 1. The molecular weight excluding hydrogens is 266 g/mol. The first-order valence-corrected chi connectivity index (χ1v) is 7.49. The van der Waals surface area contributed by atoms with Gasteiger partial charge in [0.25, 0.3) is 0 Å². The summed E-state index contributed by atoms with van der Waals surface area (Å²) in [5.74, 6) is 2.08. The number of hydrogen-bond donors (Lipinski definition) is 2. The minimum absolute atomic E-state index is 0.124. The van der Waals surface area contributed by atoms with Gasteiger partial charge in [0.1, 0.15) is 5.76 Å². The zero-order chi connectivity index (χ0) is 15.4. The Bertz CT molecular complexity index is 576. The number of fused-ring (bicyclic) bond motifs is 1. The first-order chi connectivity index (χ1) is 10.0. The van der Waals surface area contributed by atoms with E-state index in [2.05, 4.69) is 25.2 Å². The van der Waals surface area contributed by atoms with Crippen LogP contribution in [0.1, 0.15) is 39.0 Å². The molecule has 0 spiro atoms. The van der Waals surface area contributed by atoms with E-state index in [0.717, 1.165) is 35.4 Å². The molecule has 0 aliphatic heterocycles. The van der Waals surface area contributed by atoms with Crippen molar-refractivity contribution in [3.05, 3.63) is 30.0 Å². The predicted octanol–water partition coefficient (Wildman–Crippen LogP) is 3.50. The zero-order valence-corrected chi connectivity index (χ0v) is 13.2. The Morgan fingerprint density at radius 3 is 2.71 bits per heavy atom. The molecule has 0 bridgehead atoms. The number of benzene rings is 1. The van der Waals surface area contributed by atoms with Crippen molar-refractivity contribution >= 4 is 11.0 Å². The Morgan fingerprint density at radius 2 is 2.05 bits per heavy atom. The topological polar surface area (TPSA) is 54.6 Å². The minimum Gasteiger partial charge on any atom is -0.493 e. The molecule has 2 aromatic rings. The van der Waals surface area contributed by atoms with Crippen molar-refractivity contribution in [2.45, 2.75) is 39.3 Å². The average Bonchev–Trinajstić information content (AvgIpc) is 2.87. The second kappa shape index (κ2) is 6.96. The van der Waals surface area contributed by atoms with Crippen LogP contribution in [0.3, 0.4) is 0 Å². The van der Waals surface area contributed by atoms with Gasteiger partial charge in [-0.25, -0.2) is 0 Å². The van der Waals surface area contributed by atoms with Crippen molar-refractivity contribution in [3.63, 3.8) is 0 Å². The summed E-state index contributed by atoms with van der Waals surface area (Å²) in [6, 6.07) is 8.06. The molecule has 1 aromatic carbocycles. The Balaban J connectivity index is 2.04. The van der Waals surface area contributed by atoms with Gasteiger partial charge in [0.05, 0.1) is 19.3 Å². The SMILES string of the molecule is COc1cccc2cc(C(C)NCC(C)CC(C)O)oc12. The van der Waals surface area contributed by atoms with E-state index in [4.69, 9.17) is 9.15 Å². The van der Waals surface area contributed by atoms with Crippen LogP contribution in [-0.2, 0) is 0 Å². The first kappa shape index (κ1) is 15.9. The molecule has 0 radical (unpaired) electrons. The van der Waals surface area contributed by atoms with Gasteiger partial charge in [-0.15, -0.1) is 0 Å². The van der Waals surface area contributed by atoms with Gasteiger partial charge in [-0.2, -0.15) is 0 Å². The molecule has 4 nitrogen and oxygen atoms in total. The van der Waals surface area contributed by atoms with Crippen LogP contribution in [0.25, 0.3) is 11.0 Å². The van der Waals surface area contributed by atoms with Crippen LogP contribution in [0.5, 0.6) is 5.75 Å². The number of ether oxygens (including phenoxy) is 1. The molecule has 1 aromatic heterocycles. The van der Waals surface area contributed by atoms with Crippen molar-refractivity contribution in [2.24, 2.45) is 5.92 Å². The van der Waals surface area contributed by atoms with Gasteiger partial charge in [0.2, 0.25) is 0 Å². The van der Waals surface area contributed by atoms with Crippen LogP contribution in [-0.4, -0.2) is 24.9 Å². The molecular formula is C17H25NO3. The maximum absolute atomic E-state index is 9.40. The lowest BCUT2D eigenvalue weighted by Crippen LogP contribution is -2.25. The van der Waals surface area contributed by atoms with Crippen molar-refractivity contribution < 1.29 is 14.3 Å². The van der Waals surface area contributed by atoms with E-state index in [1.165, 1.54) is 0 Å². The summed E-state index contributed by atoms with van der Waals surface area (Å²) >= 11 is 0. The average molecular weight is 291 g/mol. The van der Waals surface area contributed by atoms with Gasteiger partial charge in [0, 0.05) is 5.39 Å². The van der Waals surface area contributed by atoms with Gasteiger partial charge in [0.15, 0.2) is 11.3 Å². The lowest BCUT2D eigenvalue weighted by Gasteiger charge is -2.17. The molecule has 116 valence electrons. The largest absolute Gasteiger partial charge is 0.493 e. The maximum atomic E-state index is 9.40. The summed E-state index contributed by atoms with van der Waals surface area (Å²) in [7, 11) is 1.65. The van der Waals surface area contributed by atoms with Gasteiger partial charge >= 0.3 is 0 Å². The Labute approximate surface area is 126 Å². The molecule has 0 fully saturated rings. The maximum Gasteiger partial charge on any atom is 0.176 e. The molecule has 0 amide bonds. The van der Waals surface area contributed by atoms with Crippen LogP contribution in [0.15, 0.2) is 28.7 Å². The summed E-state index contributed by atoms with van der Waals surface area (Å²) in [6.07, 6.45) is 0.542. The van der Waals surface area contributed by atoms with Gasteiger partial charge < -0.3 is 19.6 Å². The Kier molecular flexibility index (Phi) is 5.26. The highest BCUT2D eigenvalue weighted by molar-refractivity contribution is 5.83. The van der Waals surface area contributed by atoms with Crippen LogP contribution in [0.4, 0.5) is 0 Å². The van der Waals surface area contributed by atoms with Gasteiger partial charge in [-0.1, -0.05) is 19.1 Å². The molecule has 4 heteroatoms. The lowest BCUT2D eigenvalue weighted by molar-refractivity contribution is 0.162. The molecule has 0 aliphatic rings. The summed E-state index contributed by atoms with van der Waals surface area (Å²) in [4.78, 5) is 0. The van der Waals surface area contributed by atoms with E-state index < -0.39 is 0 Å². The highest BCUT2D eigenvalue weighted by Gasteiger charge is 2.15. The van der Waals surface area contributed by atoms with E-state index in [1.54, 1.807) is 7.11 Å². The number of hydrogen-bond acceptors (Lipinski definition) is 4. The summed E-state index contributed by atoms with van der Waals surface area (Å²) in [5.41, 5.74) is 0.792. The predicted molar refractivity (Wildman–Crippen MR) is 84.6 cm³/mol. The zero-order valence-electron chi connectivity index (χ0n) is 13.2. The van der Waals surface area contributed by atoms with Crippen molar-refractivity contribution in [1.82, 2.24) is 5.32 Å². The van der Waals surface area contributed by atoms with Crippen LogP contribution in [0.2, 0.25) is 0 Å². The molecule has 21 heavy (non-hydrogen) atoms. The quantitative estimate of drug-likeness (QED) is 0.820. The van der Waals surface area contributed by atoms with Crippen LogP contribution >= 0.6 is 0 Å². The summed E-state index contributed by atoms with van der Waals surface area (Å²) in [5, 5.41) is 13.9. The third-order valence-corrected chi connectivity index (χ3v) is 3.69. The number of aliphatic hydroxyl groups excluding tert-OH is 1. The van der Waals surface area contributed by atoms with Crippen LogP contribution < -0.4 is 10.1 Å². The fraction of sp³-hybridized carbons (Fsp3) is 0.529. The monoisotopic (exact) mass is 291 g/mol. The highest BCUT2D eigenvalue weighted by atomic mass is 16.5. The smallest absolute Gasteiger partial charge is 0.176 e. The number of aliphatic hydroxyl groups is 1. The van der Waals surface area contributed by atoms with Gasteiger partial charge in [-0.3, -0.25) is 0 Å². The molecule has 3 atom stereocenters. The summed E-state index contributed by atoms with van der Waals surface area (Å²) < 4.78 is 11.2. The number of nitrogens with one attached hydrogen (secondary N) is 1. The normalized spacial score (nSPS) is 15.9. The molecule has 3 unspecified atom stereocenters. The van der Waals surface area contributed by atoms with Crippen LogP contribution in [0, 0.1) is 5.92 Å². The molecule has 2 N–H and O–H groups in total. The van der Waals surface area contributed by atoms with Gasteiger partial charge in [-0.05, 0) is 44.9 Å². The number of methoxy groups -OCH3 is 1. The summed E-state index contributed by atoms with van der Waals surface area (Å²) in [6.45, 7) is 6.89. The highest BCUT2D eigenvalue weighted by Crippen LogP contribution is 2.30. The van der Waals surface area contributed by atoms with E-state index >= 15 is 0 Å².